The van der Waals surface area contributed by atoms with Crippen LogP contribution in [0.3, 0.4) is 0 Å². The molecule has 0 spiro atoms. The third-order valence-corrected chi connectivity index (χ3v) is 10.0. The Bertz CT molecular complexity index is 1670. The van der Waals surface area contributed by atoms with Crippen LogP contribution in [-0.2, 0) is 24.6 Å². The van der Waals surface area contributed by atoms with Crippen LogP contribution in [0.4, 0.5) is 0 Å². The van der Waals surface area contributed by atoms with Gasteiger partial charge in [-0.05, 0) is 60.6 Å². The molecule has 6 heteroatoms. The van der Waals surface area contributed by atoms with Gasteiger partial charge in [-0.3, -0.25) is 24.1 Å². The van der Waals surface area contributed by atoms with Crippen molar-refractivity contribution in [3.05, 3.63) is 119 Å². The topological polar surface area (TPSA) is 91.8 Å². The third-order valence-electron chi connectivity index (χ3n) is 10.0. The van der Waals surface area contributed by atoms with E-state index in [9.17, 15) is 24.3 Å². The standard InChI is InChI=1S/C36H31NO5/c1-2-37-34(41)26-18-17-25-28(31(26)35(37)42)19-29-33(40)27(21-9-5-3-6-10-21)20-30(39)36(29,23-11-7-4-8-12-23)32(25)22-13-15-24(38)16-14-22/h3-17,20,26,28-29,31-32,38H,2,18-19H2,1H3/t26-,28+,29-,31-,32-,36-/m0/s1. The second-order valence-corrected chi connectivity index (χ2v) is 11.8. The molecule has 0 unspecified atom stereocenters. The fraction of sp³-hybridized carbons (Fsp3) is 0.278. The number of likely N-dealkylation sites (tertiary alicyclic amines) is 1. The quantitative estimate of drug-likeness (QED) is 0.350. The average molecular weight is 558 g/mol. The van der Waals surface area contributed by atoms with Crippen molar-refractivity contribution in [1.82, 2.24) is 4.90 Å². The molecule has 42 heavy (non-hydrogen) atoms. The number of Topliss-reactive ketones (excluding diaryl/α,β-unsaturated/α-hetero) is 1. The lowest BCUT2D eigenvalue weighted by Crippen LogP contribution is -2.58. The molecule has 7 rings (SSSR count). The van der Waals surface area contributed by atoms with Crippen molar-refractivity contribution in [1.29, 1.82) is 0 Å². The SMILES string of the molecule is CCN1C(=O)[C@H]2[C@H](CC=C3[C@H]2C[C@H]2C(=O)C(c4ccccc4)=CC(=O)[C@@]2(c2ccccc2)[C@H]3c2ccc(O)cc2)C1=O. The molecule has 1 saturated heterocycles. The van der Waals surface area contributed by atoms with Gasteiger partial charge in [-0.25, -0.2) is 0 Å². The number of imide groups is 1. The van der Waals surface area contributed by atoms with Gasteiger partial charge in [-0.15, -0.1) is 0 Å². The molecule has 2 amide bonds. The second-order valence-electron chi connectivity index (χ2n) is 11.8. The number of phenols is 1. The zero-order chi connectivity index (χ0) is 29.2. The van der Waals surface area contributed by atoms with Crippen molar-refractivity contribution in [2.24, 2.45) is 23.7 Å². The summed E-state index contributed by atoms with van der Waals surface area (Å²) in [5, 5.41) is 10.2. The lowest BCUT2D eigenvalue weighted by atomic mass is 9.44. The minimum atomic E-state index is -1.25. The Balaban J connectivity index is 1.51. The number of allylic oxidation sites excluding steroid dienone is 4. The first kappa shape index (κ1) is 26.3. The monoisotopic (exact) mass is 557 g/mol. The van der Waals surface area contributed by atoms with Gasteiger partial charge in [0.25, 0.3) is 0 Å². The number of amides is 2. The number of ketones is 2. The van der Waals surface area contributed by atoms with Crippen LogP contribution in [0, 0.1) is 23.7 Å². The van der Waals surface area contributed by atoms with Crippen molar-refractivity contribution in [2.45, 2.75) is 31.1 Å². The molecule has 3 aromatic rings. The predicted molar refractivity (Wildman–Crippen MR) is 157 cm³/mol. The molecule has 1 saturated carbocycles. The van der Waals surface area contributed by atoms with Crippen LogP contribution in [0.5, 0.6) is 5.75 Å². The van der Waals surface area contributed by atoms with E-state index in [0.717, 1.165) is 16.7 Å². The van der Waals surface area contributed by atoms with E-state index in [1.807, 2.05) is 79.7 Å². The minimum Gasteiger partial charge on any atom is -0.508 e. The van der Waals surface area contributed by atoms with E-state index in [1.165, 1.54) is 11.0 Å². The van der Waals surface area contributed by atoms with Crippen LogP contribution in [0.25, 0.3) is 5.57 Å². The summed E-state index contributed by atoms with van der Waals surface area (Å²) in [4.78, 5) is 57.9. The van der Waals surface area contributed by atoms with Gasteiger partial charge in [0.15, 0.2) is 11.6 Å². The molecular weight excluding hydrogens is 526 g/mol. The molecule has 0 aromatic heterocycles. The summed E-state index contributed by atoms with van der Waals surface area (Å²) in [5.41, 5.74) is 2.28. The highest BCUT2D eigenvalue weighted by atomic mass is 16.3. The summed E-state index contributed by atoms with van der Waals surface area (Å²) in [6.45, 7) is 2.12. The molecule has 3 aromatic carbocycles. The van der Waals surface area contributed by atoms with Crippen LogP contribution >= 0.6 is 0 Å². The first-order valence-electron chi connectivity index (χ1n) is 14.6. The highest BCUT2D eigenvalue weighted by molar-refractivity contribution is 6.31. The number of fused-ring (bicyclic) bond motifs is 4. The van der Waals surface area contributed by atoms with Gasteiger partial charge in [0.05, 0.1) is 17.3 Å². The van der Waals surface area contributed by atoms with E-state index in [4.69, 9.17) is 0 Å². The van der Waals surface area contributed by atoms with Crippen molar-refractivity contribution in [3.63, 3.8) is 0 Å². The van der Waals surface area contributed by atoms with Gasteiger partial charge in [-0.1, -0.05) is 84.4 Å². The number of phenolic OH excluding ortho intramolecular Hbond substituents is 1. The Morgan fingerprint density at radius 3 is 2.17 bits per heavy atom. The van der Waals surface area contributed by atoms with Crippen LogP contribution < -0.4 is 0 Å². The maximum atomic E-state index is 14.8. The molecule has 4 aliphatic rings. The van der Waals surface area contributed by atoms with Crippen molar-refractivity contribution >= 4 is 29.0 Å². The first-order valence-corrected chi connectivity index (χ1v) is 14.6. The smallest absolute Gasteiger partial charge is 0.233 e. The maximum absolute atomic E-state index is 14.8. The van der Waals surface area contributed by atoms with E-state index in [1.54, 1.807) is 12.1 Å². The van der Waals surface area contributed by atoms with E-state index in [0.29, 0.717) is 30.5 Å². The summed E-state index contributed by atoms with van der Waals surface area (Å²) in [7, 11) is 0. The molecule has 2 fully saturated rings. The molecule has 1 N–H and O–H groups in total. The van der Waals surface area contributed by atoms with Crippen LogP contribution in [0.15, 0.2) is 103 Å². The Hall–Kier alpha value is -4.58. The predicted octanol–water partition coefficient (Wildman–Crippen LogP) is 5.24. The van der Waals surface area contributed by atoms with Gasteiger partial charge in [-0.2, -0.15) is 0 Å². The Kier molecular flexibility index (Phi) is 6.12. The van der Waals surface area contributed by atoms with E-state index < -0.39 is 29.1 Å². The van der Waals surface area contributed by atoms with Crippen LogP contribution in [0.1, 0.15) is 42.4 Å². The number of carbonyl (C=O) groups is 4. The summed E-state index contributed by atoms with van der Waals surface area (Å²) >= 11 is 0. The second kappa shape index (κ2) is 9.76. The van der Waals surface area contributed by atoms with Gasteiger partial charge < -0.3 is 5.11 Å². The molecule has 1 heterocycles. The Morgan fingerprint density at radius 1 is 0.833 bits per heavy atom. The van der Waals surface area contributed by atoms with E-state index >= 15 is 0 Å². The fourth-order valence-corrected chi connectivity index (χ4v) is 8.29. The minimum absolute atomic E-state index is 0.0987. The molecule has 6 nitrogen and oxygen atoms in total. The van der Waals surface area contributed by atoms with E-state index in [2.05, 4.69) is 6.08 Å². The zero-order valence-electron chi connectivity index (χ0n) is 23.3. The Morgan fingerprint density at radius 2 is 1.50 bits per heavy atom. The van der Waals surface area contributed by atoms with Crippen molar-refractivity contribution in [3.8, 4) is 5.75 Å². The lowest BCUT2D eigenvalue weighted by Gasteiger charge is -2.55. The van der Waals surface area contributed by atoms with Gasteiger partial charge in [0.1, 0.15) is 5.75 Å². The number of nitrogens with zero attached hydrogens (tertiary/aromatic N) is 1. The number of carbonyl (C=O) groups excluding carboxylic acids is 4. The van der Waals surface area contributed by atoms with E-state index in [-0.39, 0.29) is 35.0 Å². The highest BCUT2D eigenvalue weighted by Crippen LogP contribution is 2.63. The molecule has 0 radical (unpaired) electrons. The molecular formula is C36H31NO5. The molecule has 0 bridgehead atoms. The number of benzene rings is 3. The average Bonchev–Trinajstić information content (AvgIpc) is 3.27. The molecule has 210 valence electrons. The summed E-state index contributed by atoms with van der Waals surface area (Å²) in [6, 6.07) is 25.6. The molecule has 6 atom stereocenters. The highest BCUT2D eigenvalue weighted by Gasteiger charge is 2.65. The summed E-state index contributed by atoms with van der Waals surface area (Å²) in [6.07, 6.45) is 4.28. The molecule has 3 aliphatic carbocycles. The first-order chi connectivity index (χ1) is 20.4. The number of rotatable bonds is 4. The largest absolute Gasteiger partial charge is 0.508 e. The van der Waals surface area contributed by atoms with Gasteiger partial charge >= 0.3 is 0 Å². The molecule has 1 aliphatic heterocycles. The van der Waals surface area contributed by atoms with Gasteiger partial charge in [0.2, 0.25) is 11.8 Å². The Labute approximate surface area is 244 Å². The summed E-state index contributed by atoms with van der Waals surface area (Å²) in [5.74, 6) is -3.24. The summed E-state index contributed by atoms with van der Waals surface area (Å²) < 4.78 is 0. The fourth-order valence-electron chi connectivity index (χ4n) is 8.29. The zero-order valence-corrected chi connectivity index (χ0v) is 23.3. The normalized spacial score (nSPS) is 30.3. The number of aromatic hydroxyl groups is 1. The van der Waals surface area contributed by atoms with Crippen LogP contribution in [-0.4, -0.2) is 39.9 Å². The maximum Gasteiger partial charge on any atom is 0.233 e. The third kappa shape index (κ3) is 3.57. The van der Waals surface area contributed by atoms with Crippen molar-refractivity contribution in [2.75, 3.05) is 6.54 Å². The van der Waals surface area contributed by atoms with Gasteiger partial charge in [0, 0.05) is 24.0 Å². The number of hydrogen-bond donors (Lipinski definition) is 1. The number of hydrogen-bond acceptors (Lipinski definition) is 5. The van der Waals surface area contributed by atoms with Crippen molar-refractivity contribution < 1.29 is 24.3 Å². The van der Waals surface area contributed by atoms with Crippen LogP contribution in [0.2, 0.25) is 0 Å². The lowest BCUT2D eigenvalue weighted by molar-refractivity contribution is -0.140.